The molecule has 1 amide bonds. The molecule has 0 radical (unpaired) electrons. The van der Waals surface area contributed by atoms with Gasteiger partial charge in [-0.25, -0.2) is 4.98 Å². The number of amides is 1. The van der Waals surface area contributed by atoms with Crippen molar-refractivity contribution < 1.29 is 9.53 Å². The standard InChI is InChI=1S/C17H21N3O2S/c1-20-9-5-6-12(10-20)18-16(21)14-11-23-17(19-14)13-7-3-4-8-15(13)22-2/h3-4,7-8,11-12H,5-6,9-10H2,1-2H3,(H,18,21). The van der Waals surface area contributed by atoms with E-state index >= 15 is 0 Å². The summed E-state index contributed by atoms with van der Waals surface area (Å²) in [4.78, 5) is 19.1. The highest BCUT2D eigenvalue weighted by atomic mass is 32.1. The number of hydrogen-bond donors (Lipinski definition) is 1. The number of likely N-dealkylation sites (tertiary alicyclic amines) is 1. The predicted octanol–water partition coefficient (Wildman–Crippen LogP) is 2.64. The number of hydrogen-bond acceptors (Lipinski definition) is 5. The number of likely N-dealkylation sites (N-methyl/N-ethyl adjacent to an activating group) is 1. The number of benzene rings is 1. The van der Waals surface area contributed by atoms with E-state index in [4.69, 9.17) is 4.74 Å². The van der Waals surface area contributed by atoms with Crippen molar-refractivity contribution in [3.8, 4) is 16.3 Å². The summed E-state index contributed by atoms with van der Waals surface area (Å²) in [6, 6.07) is 7.92. The molecule has 2 aromatic rings. The number of nitrogens with zero attached hydrogens (tertiary/aromatic N) is 2. The van der Waals surface area contributed by atoms with Crippen molar-refractivity contribution in [3.63, 3.8) is 0 Å². The summed E-state index contributed by atoms with van der Waals surface area (Å²) in [5.41, 5.74) is 1.39. The third kappa shape index (κ3) is 3.71. The molecule has 1 saturated heterocycles. The third-order valence-corrected chi connectivity index (χ3v) is 4.91. The number of para-hydroxylation sites is 1. The predicted molar refractivity (Wildman–Crippen MR) is 92.1 cm³/mol. The van der Waals surface area contributed by atoms with Crippen molar-refractivity contribution in [2.24, 2.45) is 0 Å². The van der Waals surface area contributed by atoms with Crippen LogP contribution in [0.3, 0.4) is 0 Å². The van der Waals surface area contributed by atoms with E-state index in [1.165, 1.54) is 11.3 Å². The second-order valence-electron chi connectivity index (χ2n) is 5.81. The first-order valence-corrected chi connectivity index (χ1v) is 8.63. The molecule has 1 aromatic heterocycles. The Morgan fingerprint density at radius 3 is 3.04 bits per heavy atom. The van der Waals surface area contributed by atoms with Gasteiger partial charge in [0.1, 0.15) is 16.5 Å². The van der Waals surface area contributed by atoms with E-state index in [1.54, 1.807) is 7.11 Å². The Morgan fingerprint density at radius 2 is 2.26 bits per heavy atom. The fourth-order valence-electron chi connectivity index (χ4n) is 2.87. The van der Waals surface area contributed by atoms with Crippen LogP contribution in [0.15, 0.2) is 29.6 Å². The number of aromatic nitrogens is 1. The fraction of sp³-hybridized carbons (Fsp3) is 0.412. The zero-order valence-corrected chi connectivity index (χ0v) is 14.2. The van der Waals surface area contributed by atoms with Crippen LogP contribution in [0.25, 0.3) is 10.6 Å². The molecule has 1 fully saturated rings. The van der Waals surface area contributed by atoms with Crippen LogP contribution in [0.2, 0.25) is 0 Å². The smallest absolute Gasteiger partial charge is 0.271 e. The molecule has 0 saturated carbocycles. The average Bonchev–Trinajstić information content (AvgIpc) is 3.05. The van der Waals surface area contributed by atoms with Crippen molar-refractivity contribution in [1.82, 2.24) is 15.2 Å². The Labute approximate surface area is 140 Å². The number of carbonyl (C=O) groups is 1. The second-order valence-corrected chi connectivity index (χ2v) is 6.67. The maximum absolute atomic E-state index is 12.4. The number of carbonyl (C=O) groups excluding carboxylic acids is 1. The lowest BCUT2D eigenvalue weighted by atomic mass is 10.1. The SMILES string of the molecule is COc1ccccc1-c1nc(C(=O)NC2CCCN(C)C2)cs1. The van der Waals surface area contributed by atoms with E-state index in [9.17, 15) is 4.79 Å². The zero-order chi connectivity index (χ0) is 16.2. The third-order valence-electron chi connectivity index (χ3n) is 4.03. The van der Waals surface area contributed by atoms with Gasteiger partial charge in [-0.1, -0.05) is 12.1 Å². The van der Waals surface area contributed by atoms with Gasteiger partial charge in [-0.3, -0.25) is 4.79 Å². The first kappa shape index (κ1) is 16.0. The molecular formula is C17H21N3O2S. The zero-order valence-electron chi connectivity index (χ0n) is 13.4. The maximum Gasteiger partial charge on any atom is 0.271 e. The van der Waals surface area contributed by atoms with Gasteiger partial charge in [-0.05, 0) is 38.6 Å². The molecule has 1 aliphatic heterocycles. The number of thiazole rings is 1. The van der Waals surface area contributed by atoms with Gasteiger partial charge >= 0.3 is 0 Å². The summed E-state index contributed by atoms with van der Waals surface area (Å²) in [6.07, 6.45) is 2.14. The molecular weight excluding hydrogens is 310 g/mol. The van der Waals surface area contributed by atoms with Crippen LogP contribution in [-0.4, -0.2) is 49.1 Å². The van der Waals surface area contributed by atoms with E-state index in [2.05, 4.69) is 22.2 Å². The lowest BCUT2D eigenvalue weighted by Gasteiger charge is -2.29. The first-order chi connectivity index (χ1) is 11.2. The Kier molecular flexibility index (Phi) is 4.93. The average molecular weight is 331 g/mol. The Morgan fingerprint density at radius 1 is 1.43 bits per heavy atom. The highest BCUT2D eigenvalue weighted by Crippen LogP contribution is 2.31. The number of ether oxygens (including phenoxy) is 1. The fourth-order valence-corrected chi connectivity index (χ4v) is 3.70. The number of nitrogens with one attached hydrogen (secondary N) is 1. The van der Waals surface area contributed by atoms with Crippen LogP contribution in [-0.2, 0) is 0 Å². The monoisotopic (exact) mass is 331 g/mol. The summed E-state index contributed by atoms with van der Waals surface area (Å²) < 4.78 is 5.36. The van der Waals surface area contributed by atoms with Gasteiger partial charge in [-0.2, -0.15) is 0 Å². The minimum atomic E-state index is -0.0947. The van der Waals surface area contributed by atoms with Gasteiger partial charge in [0, 0.05) is 18.0 Å². The van der Waals surface area contributed by atoms with Crippen molar-refractivity contribution >= 4 is 17.2 Å². The Bertz CT molecular complexity index is 686. The Hall–Kier alpha value is -1.92. The molecule has 0 aliphatic carbocycles. The molecule has 0 bridgehead atoms. The summed E-state index contributed by atoms with van der Waals surface area (Å²) in [5, 5.41) is 5.70. The van der Waals surface area contributed by atoms with E-state index in [-0.39, 0.29) is 11.9 Å². The van der Waals surface area contributed by atoms with Crippen LogP contribution < -0.4 is 10.1 Å². The molecule has 2 heterocycles. The van der Waals surface area contributed by atoms with E-state index in [0.29, 0.717) is 5.69 Å². The topological polar surface area (TPSA) is 54.5 Å². The number of piperidine rings is 1. The highest BCUT2D eigenvalue weighted by molar-refractivity contribution is 7.13. The van der Waals surface area contributed by atoms with E-state index in [1.807, 2.05) is 29.6 Å². The van der Waals surface area contributed by atoms with E-state index in [0.717, 1.165) is 42.3 Å². The molecule has 1 N–H and O–H groups in total. The van der Waals surface area contributed by atoms with Crippen LogP contribution >= 0.6 is 11.3 Å². The van der Waals surface area contributed by atoms with Crippen LogP contribution in [0.1, 0.15) is 23.3 Å². The molecule has 1 aromatic carbocycles. The van der Waals surface area contributed by atoms with Crippen molar-refractivity contribution in [3.05, 3.63) is 35.3 Å². The molecule has 5 nitrogen and oxygen atoms in total. The molecule has 1 unspecified atom stereocenters. The molecule has 122 valence electrons. The Balaban J connectivity index is 1.72. The van der Waals surface area contributed by atoms with Crippen molar-refractivity contribution in [2.75, 3.05) is 27.2 Å². The lowest BCUT2D eigenvalue weighted by molar-refractivity contribution is 0.0908. The number of methoxy groups -OCH3 is 1. The largest absolute Gasteiger partial charge is 0.496 e. The van der Waals surface area contributed by atoms with E-state index < -0.39 is 0 Å². The maximum atomic E-state index is 12.4. The normalized spacial score (nSPS) is 18.6. The first-order valence-electron chi connectivity index (χ1n) is 7.75. The molecule has 1 aliphatic rings. The van der Waals surface area contributed by atoms with Crippen molar-refractivity contribution in [2.45, 2.75) is 18.9 Å². The van der Waals surface area contributed by atoms with Crippen LogP contribution in [0.5, 0.6) is 5.75 Å². The van der Waals surface area contributed by atoms with Gasteiger partial charge < -0.3 is 15.0 Å². The summed E-state index contributed by atoms with van der Waals surface area (Å²) >= 11 is 1.46. The van der Waals surface area contributed by atoms with Gasteiger partial charge in [-0.15, -0.1) is 11.3 Å². The second kappa shape index (κ2) is 7.10. The minimum Gasteiger partial charge on any atom is -0.496 e. The van der Waals surface area contributed by atoms with Crippen LogP contribution in [0, 0.1) is 0 Å². The van der Waals surface area contributed by atoms with Crippen LogP contribution in [0.4, 0.5) is 0 Å². The van der Waals surface area contributed by atoms with Gasteiger partial charge in [0.05, 0.1) is 12.7 Å². The van der Waals surface area contributed by atoms with Gasteiger partial charge in [0.25, 0.3) is 5.91 Å². The molecule has 1 atom stereocenters. The highest BCUT2D eigenvalue weighted by Gasteiger charge is 2.21. The summed E-state index contributed by atoms with van der Waals surface area (Å²) in [6.45, 7) is 2.00. The van der Waals surface area contributed by atoms with Gasteiger partial charge in [0.2, 0.25) is 0 Å². The molecule has 23 heavy (non-hydrogen) atoms. The quantitative estimate of drug-likeness (QED) is 0.936. The summed E-state index contributed by atoms with van der Waals surface area (Å²) in [7, 11) is 3.72. The molecule has 0 spiro atoms. The minimum absolute atomic E-state index is 0.0947. The van der Waals surface area contributed by atoms with Gasteiger partial charge in [0.15, 0.2) is 0 Å². The lowest BCUT2D eigenvalue weighted by Crippen LogP contribution is -2.46. The van der Waals surface area contributed by atoms with Crippen molar-refractivity contribution in [1.29, 1.82) is 0 Å². The molecule has 3 rings (SSSR count). The summed E-state index contributed by atoms with van der Waals surface area (Å²) in [5.74, 6) is 0.672. The molecule has 6 heteroatoms. The number of rotatable bonds is 4.